The second-order valence-corrected chi connectivity index (χ2v) is 9.02. The van der Waals surface area contributed by atoms with Gasteiger partial charge in [0, 0.05) is 48.3 Å². The van der Waals surface area contributed by atoms with Gasteiger partial charge in [0.1, 0.15) is 11.6 Å². The Morgan fingerprint density at radius 1 is 1.06 bits per heavy atom. The van der Waals surface area contributed by atoms with E-state index in [0.29, 0.717) is 23.7 Å². The third kappa shape index (κ3) is 5.75. The van der Waals surface area contributed by atoms with Gasteiger partial charge >= 0.3 is 0 Å². The van der Waals surface area contributed by atoms with E-state index in [-0.39, 0.29) is 5.82 Å². The van der Waals surface area contributed by atoms with Gasteiger partial charge in [-0.25, -0.2) is 9.37 Å². The van der Waals surface area contributed by atoms with Crippen LogP contribution in [0.1, 0.15) is 31.2 Å². The standard InChI is InChI=1S/C25H29ClFN5/c1-32(2)22-8-6-20(7-9-22)31-25-12-23(24(26)16-30-25)18-11-21(15-28-14-18)29-13-17-4-3-5-19(27)10-17/h3-5,10-12,14-16,20,22,29H,6-9,13H2,1-2H3,(H,30,31). The van der Waals surface area contributed by atoms with Gasteiger partial charge in [-0.2, -0.15) is 0 Å². The number of nitrogens with zero attached hydrogens (tertiary/aromatic N) is 3. The zero-order valence-corrected chi connectivity index (χ0v) is 19.2. The maximum atomic E-state index is 13.4. The number of aromatic nitrogens is 2. The molecule has 0 spiro atoms. The average molecular weight is 454 g/mol. The number of halogens is 2. The SMILES string of the molecule is CN(C)C1CCC(Nc2cc(-c3cncc(NCc4cccc(F)c4)c3)c(Cl)cn2)CC1. The van der Waals surface area contributed by atoms with E-state index < -0.39 is 0 Å². The average Bonchev–Trinajstić information content (AvgIpc) is 2.79. The van der Waals surface area contributed by atoms with Crippen molar-refractivity contribution in [1.82, 2.24) is 14.9 Å². The molecule has 7 heteroatoms. The largest absolute Gasteiger partial charge is 0.380 e. The summed E-state index contributed by atoms with van der Waals surface area (Å²) in [7, 11) is 4.31. The molecule has 32 heavy (non-hydrogen) atoms. The normalized spacial score (nSPS) is 18.5. The number of nitrogens with one attached hydrogen (secondary N) is 2. The monoisotopic (exact) mass is 453 g/mol. The van der Waals surface area contributed by atoms with Crippen molar-refractivity contribution in [2.24, 2.45) is 0 Å². The molecule has 0 aliphatic heterocycles. The van der Waals surface area contributed by atoms with E-state index in [1.807, 2.05) is 18.2 Å². The van der Waals surface area contributed by atoms with Crippen molar-refractivity contribution in [2.45, 2.75) is 44.3 Å². The molecule has 2 heterocycles. The summed E-state index contributed by atoms with van der Waals surface area (Å²) in [4.78, 5) is 11.2. The Bertz CT molecular complexity index is 1050. The Morgan fingerprint density at radius 3 is 2.62 bits per heavy atom. The zero-order valence-electron chi connectivity index (χ0n) is 18.5. The first kappa shape index (κ1) is 22.5. The smallest absolute Gasteiger partial charge is 0.126 e. The molecule has 0 radical (unpaired) electrons. The minimum atomic E-state index is -0.241. The van der Waals surface area contributed by atoms with Crippen molar-refractivity contribution in [3.8, 4) is 11.1 Å². The molecule has 168 valence electrons. The Hall–Kier alpha value is -2.70. The maximum Gasteiger partial charge on any atom is 0.126 e. The molecule has 1 fully saturated rings. The van der Waals surface area contributed by atoms with Gasteiger partial charge in [0.15, 0.2) is 0 Å². The lowest BCUT2D eigenvalue weighted by Crippen LogP contribution is -2.36. The summed E-state index contributed by atoms with van der Waals surface area (Å²) >= 11 is 6.48. The van der Waals surface area contributed by atoms with Crippen LogP contribution < -0.4 is 10.6 Å². The van der Waals surface area contributed by atoms with Crippen molar-refractivity contribution >= 4 is 23.1 Å². The first-order valence-corrected chi connectivity index (χ1v) is 11.4. The lowest BCUT2D eigenvalue weighted by molar-refractivity contribution is 0.221. The molecular formula is C25H29ClFN5. The fourth-order valence-electron chi connectivity index (χ4n) is 4.22. The predicted molar refractivity (Wildman–Crippen MR) is 130 cm³/mol. The van der Waals surface area contributed by atoms with Gasteiger partial charge in [0.05, 0.1) is 10.7 Å². The Labute approximate surface area is 194 Å². The summed E-state index contributed by atoms with van der Waals surface area (Å²) in [5, 5.41) is 7.47. The molecule has 3 aromatic rings. The summed E-state index contributed by atoms with van der Waals surface area (Å²) in [5.74, 6) is 0.589. The highest BCUT2D eigenvalue weighted by molar-refractivity contribution is 6.33. The highest BCUT2D eigenvalue weighted by atomic mass is 35.5. The topological polar surface area (TPSA) is 53.1 Å². The van der Waals surface area contributed by atoms with Crippen molar-refractivity contribution in [3.05, 3.63) is 71.4 Å². The summed E-state index contributed by atoms with van der Waals surface area (Å²) in [6, 6.07) is 11.6. The van der Waals surface area contributed by atoms with Gasteiger partial charge in [-0.05, 0) is 69.6 Å². The molecule has 2 N–H and O–H groups in total. The van der Waals surface area contributed by atoms with E-state index in [0.717, 1.165) is 41.0 Å². The number of anilines is 2. The van der Waals surface area contributed by atoms with Crippen LogP contribution in [0.2, 0.25) is 5.02 Å². The fourth-order valence-corrected chi connectivity index (χ4v) is 4.43. The van der Waals surface area contributed by atoms with Crippen molar-refractivity contribution < 1.29 is 4.39 Å². The minimum absolute atomic E-state index is 0.241. The first-order valence-electron chi connectivity index (χ1n) is 11.0. The molecule has 0 saturated heterocycles. The van der Waals surface area contributed by atoms with Crippen LogP contribution in [0.4, 0.5) is 15.9 Å². The molecule has 5 nitrogen and oxygen atoms in total. The zero-order chi connectivity index (χ0) is 22.5. The second-order valence-electron chi connectivity index (χ2n) is 8.61. The van der Waals surface area contributed by atoms with Crippen LogP contribution in [0.3, 0.4) is 0 Å². The Balaban J connectivity index is 1.44. The Morgan fingerprint density at radius 2 is 1.88 bits per heavy atom. The van der Waals surface area contributed by atoms with E-state index >= 15 is 0 Å². The summed E-state index contributed by atoms with van der Waals surface area (Å²) in [6.45, 7) is 0.509. The summed E-state index contributed by atoms with van der Waals surface area (Å²) in [5.41, 5.74) is 3.50. The highest BCUT2D eigenvalue weighted by Crippen LogP contribution is 2.31. The van der Waals surface area contributed by atoms with Gasteiger partial charge in [-0.15, -0.1) is 0 Å². The van der Waals surface area contributed by atoms with Gasteiger partial charge in [-0.1, -0.05) is 23.7 Å². The van der Waals surface area contributed by atoms with Gasteiger partial charge in [-0.3, -0.25) is 4.98 Å². The van der Waals surface area contributed by atoms with Crippen LogP contribution in [-0.4, -0.2) is 41.0 Å². The number of pyridine rings is 2. The predicted octanol–water partition coefficient (Wildman–Crippen LogP) is 5.83. The van der Waals surface area contributed by atoms with E-state index in [2.05, 4.69) is 39.6 Å². The highest BCUT2D eigenvalue weighted by Gasteiger charge is 2.22. The molecule has 1 aromatic carbocycles. The molecule has 0 atom stereocenters. The number of benzene rings is 1. The van der Waals surface area contributed by atoms with Gasteiger partial charge < -0.3 is 15.5 Å². The van der Waals surface area contributed by atoms with Crippen LogP contribution in [0, 0.1) is 5.82 Å². The molecule has 0 unspecified atom stereocenters. The lowest BCUT2D eigenvalue weighted by atomic mass is 9.90. The molecule has 0 bridgehead atoms. The van der Waals surface area contributed by atoms with Crippen LogP contribution in [0.15, 0.2) is 55.0 Å². The van der Waals surface area contributed by atoms with Crippen molar-refractivity contribution in [1.29, 1.82) is 0 Å². The summed E-state index contributed by atoms with van der Waals surface area (Å²) < 4.78 is 13.4. The third-order valence-electron chi connectivity index (χ3n) is 6.07. The quantitative estimate of drug-likeness (QED) is 0.471. The maximum absolute atomic E-state index is 13.4. The minimum Gasteiger partial charge on any atom is -0.380 e. The number of rotatable bonds is 7. The van der Waals surface area contributed by atoms with E-state index in [4.69, 9.17) is 11.6 Å². The van der Waals surface area contributed by atoms with Crippen LogP contribution in [-0.2, 0) is 6.54 Å². The van der Waals surface area contributed by atoms with E-state index in [9.17, 15) is 4.39 Å². The van der Waals surface area contributed by atoms with Crippen molar-refractivity contribution in [2.75, 3.05) is 24.7 Å². The lowest BCUT2D eigenvalue weighted by Gasteiger charge is -2.33. The number of hydrogen-bond acceptors (Lipinski definition) is 5. The summed E-state index contributed by atoms with van der Waals surface area (Å²) in [6.07, 6.45) is 9.87. The molecule has 1 aliphatic rings. The second kappa shape index (κ2) is 10.3. The van der Waals surface area contributed by atoms with Crippen LogP contribution in [0.5, 0.6) is 0 Å². The van der Waals surface area contributed by atoms with E-state index in [1.165, 1.54) is 25.0 Å². The van der Waals surface area contributed by atoms with Crippen LogP contribution >= 0.6 is 11.6 Å². The van der Waals surface area contributed by atoms with Gasteiger partial charge in [0.2, 0.25) is 0 Å². The molecule has 0 amide bonds. The first-order chi connectivity index (χ1) is 15.5. The van der Waals surface area contributed by atoms with E-state index in [1.54, 1.807) is 24.7 Å². The van der Waals surface area contributed by atoms with Gasteiger partial charge in [0.25, 0.3) is 0 Å². The molecular weight excluding hydrogens is 425 g/mol. The molecule has 2 aromatic heterocycles. The Kier molecular flexibility index (Phi) is 7.22. The molecule has 1 aliphatic carbocycles. The van der Waals surface area contributed by atoms with Crippen LogP contribution in [0.25, 0.3) is 11.1 Å². The molecule has 1 saturated carbocycles. The molecule has 4 rings (SSSR count). The third-order valence-corrected chi connectivity index (χ3v) is 6.37. The fraction of sp³-hybridized carbons (Fsp3) is 0.360. The number of hydrogen-bond donors (Lipinski definition) is 2. The van der Waals surface area contributed by atoms with Crippen molar-refractivity contribution in [3.63, 3.8) is 0 Å².